The van der Waals surface area contributed by atoms with E-state index in [-0.39, 0.29) is 20.1 Å². The van der Waals surface area contributed by atoms with Crippen molar-refractivity contribution in [2.24, 2.45) is 0 Å². The molecule has 0 spiro atoms. The molecule has 0 bridgehead atoms. The Morgan fingerprint density at radius 3 is 0.706 bits per heavy atom. The zero-order chi connectivity index (χ0) is 25.0. The number of ether oxygens (including phenoxy) is 5. The van der Waals surface area contributed by atoms with Crippen LogP contribution in [0.5, 0.6) is 0 Å². The van der Waals surface area contributed by atoms with E-state index in [4.69, 9.17) is 0 Å². The third-order valence-corrected chi connectivity index (χ3v) is 4.53. The van der Waals surface area contributed by atoms with Gasteiger partial charge in [0, 0.05) is 20.1 Å². The van der Waals surface area contributed by atoms with Gasteiger partial charge in [0.1, 0.15) is 29.6 Å². The summed E-state index contributed by atoms with van der Waals surface area (Å²) in [5.74, 6) is -9.15. The molecule has 0 aromatic rings. The average molecular weight is 656 g/mol. The Hall–Kier alpha value is -2.00. The fraction of sp³-hybridized carbons (Fsp3) is 0.391. The van der Waals surface area contributed by atoms with Crippen molar-refractivity contribution >= 4 is 29.8 Å². The minimum absolute atomic E-state index is 0. The predicted octanol–water partition coefficient (Wildman–Crippen LogP) is 1.11. The van der Waals surface area contributed by atoms with Gasteiger partial charge in [-0.1, -0.05) is 0 Å². The third-order valence-electron chi connectivity index (χ3n) is 4.53. The fourth-order valence-corrected chi connectivity index (χ4v) is 3.01. The van der Waals surface area contributed by atoms with Gasteiger partial charge in [-0.05, 0) is 51.4 Å². The van der Waals surface area contributed by atoms with Crippen molar-refractivity contribution < 1.29 is 67.8 Å². The van der Waals surface area contributed by atoms with E-state index in [1.807, 2.05) is 0 Å². The summed E-state index contributed by atoms with van der Waals surface area (Å²) in [4.78, 5) is 60.7. The van der Waals surface area contributed by atoms with Gasteiger partial charge in [0.15, 0.2) is 0 Å². The molecule has 34 heavy (non-hydrogen) atoms. The van der Waals surface area contributed by atoms with Gasteiger partial charge in [-0.25, -0.2) is 0 Å². The van der Waals surface area contributed by atoms with Gasteiger partial charge >= 0.3 is 29.8 Å². The van der Waals surface area contributed by atoms with Gasteiger partial charge in [0.05, 0.1) is 35.5 Å². The Balaban J connectivity index is 0.00000102. The van der Waals surface area contributed by atoms with Crippen LogP contribution in [0.4, 0.5) is 0 Å². The van der Waals surface area contributed by atoms with Crippen molar-refractivity contribution in [3.8, 4) is 0 Å². The molecule has 188 valence electrons. The molecule has 2 aliphatic rings. The summed E-state index contributed by atoms with van der Waals surface area (Å²) < 4.78 is 22.7. The molecular weight excluding hydrogens is 628 g/mol. The molecule has 0 N–H and O–H groups in total. The van der Waals surface area contributed by atoms with Crippen LogP contribution in [0.2, 0.25) is 0 Å². The largest absolute Gasteiger partial charge is 0.469 e. The summed E-state index contributed by atoms with van der Waals surface area (Å²) in [6.45, 7) is 0. The normalized spacial score (nSPS) is 18.1. The third kappa shape index (κ3) is 8.04. The molecule has 10 nitrogen and oxygen atoms in total. The van der Waals surface area contributed by atoms with Gasteiger partial charge < -0.3 is 23.7 Å². The zero-order valence-corrected chi connectivity index (χ0v) is 21.9. The van der Waals surface area contributed by atoms with Crippen molar-refractivity contribution in [2.75, 3.05) is 35.5 Å². The number of hydrogen-bond acceptors (Lipinski definition) is 10. The van der Waals surface area contributed by atoms with Crippen LogP contribution < -0.4 is 0 Å². The Morgan fingerprint density at radius 2 is 0.588 bits per heavy atom. The Labute approximate surface area is 214 Å². The monoisotopic (exact) mass is 656 g/mol. The number of hydrogen-bond donors (Lipinski definition) is 0. The van der Waals surface area contributed by atoms with E-state index in [0.717, 1.165) is 35.5 Å². The maximum Gasteiger partial charge on any atom is 0.315 e. The van der Waals surface area contributed by atoms with Gasteiger partial charge in [0.25, 0.3) is 0 Å². The molecule has 0 aromatic heterocycles. The number of methoxy groups -OCH3 is 5. The first-order valence-corrected chi connectivity index (χ1v) is 9.88. The molecule has 0 aliphatic heterocycles. The first-order valence-electron chi connectivity index (χ1n) is 9.88. The van der Waals surface area contributed by atoms with Crippen LogP contribution in [-0.4, -0.2) is 65.4 Å². The van der Waals surface area contributed by atoms with E-state index in [0.29, 0.717) is 0 Å². The van der Waals surface area contributed by atoms with E-state index in [1.165, 1.54) is 25.7 Å². The second kappa shape index (κ2) is 16.6. The van der Waals surface area contributed by atoms with E-state index < -0.39 is 59.4 Å². The second-order valence-corrected chi connectivity index (χ2v) is 6.43. The Bertz CT molecular complexity index is 545. The van der Waals surface area contributed by atoms with Gasteiger partial charge in [-0.3, -0.25) is 24.0 Å². The Morgan fingerprint density at radius 1 is 0.441 bits per heavy atom. The summed E-state index contributed by atoms with van der Waals surface area (Å²) in [5.41, 5.74) is 0. The number of carbonyl (C=O) groups is 5. The van der Waals surface area contributed by atoms with E-state index in [9.17, 15) is 24.0 Å². The quantitative estimate of drug-likeness (QED) is 0.314. The number of esters is 5. The number of rotatable bonds is 5. The molecule has 0 heterocycles. The molecule has 2 rings (SSSR count). The molecular formula is C23H27IrO10. The van der Waals surface area contributed by atoms with E-state index in [2.05, 4.69) is 49.4 Å². The smallest absolute Gasteiger partial charge is 0.315 e. The topological polar surface area (TPSA) is 132 Å². The molecule has 0 saturated heterocycles. The van der Waals surface area contributed by atoms with E-state index >= 15 is 0 Å². The SMILES string of the molecule is COC(=O)[C]1[C](C(=O)OC)[C](C(=O)OC)[C](C(=O)OC)[C]1C(=O)OC.[CH]1[CH]CC[CH][CH]CC1.[Ir]. The molecule has 0 unspecified atom stereocenters. The summed E-state index contributed by atoms with van der Waals surface area (Å²) in [7, 11) is 4.90. The van der Waals surface area contributed by atoms with Crippen LogP contribution in [0.1, 0.15) is 25.7 Å². The number of carbonyl (C=O) groups excluding carboxylic acids is 5. The molecule has 10 radical (unpaired) electrons. The maximum absolute atomic E-state index is 12.1. The predicted molar refractivity (Wildman–Crippen MR) is 112 cm³/mol. The molecule has 0 aromatic carbocycles. The summed E-state index contributed by atoms with van der Waals surface area (Å²) in [6, 6.07) is 0. The molecule has 0 atom stereocenters. The summed E-state index contributed by atoms with van der Waals surface area (Å²) >= 11 is 0. The molecule has 2 aliphatic carbocycles. The standard InChI is InChI=1S/C15H15O10.C8H12.Ir/c1-21-11(16)6-7(12(17)22-2)9(14(19)24-4)10(15(20)25-5)8(6)13(18)23-3;1-2-4-6-8-7-5-3-1;/h1-5H3;1-2,7-8H,3-6H2;. The molecule has 2 saturated carbocycles. The van der Waals surface area contributed by atoms with Crippen LogP contribution in [0.3, 0.4) is 0 Å². The van der Waals surface area contributed by atoms with Crippen LogP contribution in [0.25, 0.3) is 0 Å². The molecule has 11 heteroatoms. The van der Waals surface area contributed by atoms with E-state index in [1.54, 1.807) is 0 Å². The van der Waals surface area contributed by atoms with Crippen molar-refractivity contribution in [3.05, 3.63) is 55.3 Å². The summed E-state index contributed by atoms with van der Waals surface area (Å²) in [6.07, 6.45) is 14.0. The van der Waals surface area contributed by atoms with Crippen molar-refractivity contribution in [2.45, 2.75) is 25.7 Å². The second-order valence-electron chi connectivity index (χ2n) is 6.43. The maximum atomic E-state index is 12.1. The Kier molecular flexibility index (Phi) is 15.6. The minimum atomic E-state index is -1.17. The van der Waals surface area contributed by atoms with Crippen LogP contribution in [0.15, 0.2) is 0 Å². The van der Waals surface area contributed by atoms with Crippen molar-refractivity contribution in [3.63, 3.8) is 0 Å². The van der Waals surface area contributed by atoms with Gasteiger partial charge in [-0.15, -0.1) is 0 Å². The fourth-order valence-electron chi connectivity index (χ4n) is 3.01. The first kappa shape index (κ1) is 32.0. The molecule has 2 fully saturated rings. The minimum Gasteiger partial charge on any atom is -0.469 e. The zero-order valence-electron chi connectivity index (χ0n) is 19.6. The summed E-state index contributed by atoms with van der Waals surface area (Å²) in [5, 5.41) is 0. The molecule has 0 amide bonds. The van der Waals surface area contributed by atoms with Crippen LogP contribution in [0, 0.1) is 55.3 Å². The van der Waals surface area contributed by atoms with Crippen molar-refractivity contribution in [1.29, 1.82) is 0 Å². The van der Waals surface area contributed by atoms with Crippen molar-refractivity contribution in [1.82, 2.24) is 0 Å². The average Bonchev–Trinajstić information content (AvgIpc) is 3.17. The van der Waals surface area contributed by atoms with Crippen LogP contribution in [-0.2, 0) is 67.8 Å². The van der Waals surface area contributed by atoms with Gasteiger partial charge in [-0.2, -0.15) is 0 Å². The van der Waals surface area contributed by atoms with Crippen LogP contribution >= 0.6 is 0 Å². The van der Waals surface area contributed by atoms with Gasteiger partial charge in [0.2, 0.25) is 0 Å². The first-order chi connectivity index (χ1) is 15.8.